The Labute approximate surface area is 304 Å². The first-order chi connectivity index (χ1) is 25.5. The van der Waals surface area contributed by atoms with Gasteiger partial charge in [0.2, 0.25) is 0 Å². The van der Waals surface area contributed by atoms with Crippen LogP contribution in [0.2, 0.25) is 0 Å². The minimum atomic E-state index is -0.125. The number of nitrogens with zero attached hydrogens (tertiary/aromatic N) is 1. The monoisotopic (exact) mass is 667 g/mol. The topological polar surface area (TPSA) is 16.4 Å². The number of para-hydroxylation sites is 1. The molecule has 1 heterocycles. The molecule has 0 spiro atoms. The van der Waals surface area contributed by atoms with Crippen LogP contribution in [0.5, 0.6) is 0 Å². The number of hydrogen-bond donors (Lipinski definition) is 0. The smallest absolute Gasteiger partial charge is 0.137 e. The highest BCUT2D eigenvalue weighted by molar-refractivity contribution is 6.13. The van der Waals surface area contributed by atoms with E-state index in [4.69, 9.17) is 4.42 Å². The van der Waals surface area contributed by atoms with Gasteiger partial charge in [0.15, 0.2) is 0 Å². The van der Waals surface area contributed by atoms with Crippen molar-refractivity contribution in [3.63, 3.8) is 0 Å². The summed E-state index contributed by atoms with van der Waals surface area (Å²) >= 11 is 0. The summed E-state index contributed by atoms with van der Waals surface area (Å²) in [6.07, 6.45) is 0. The molecule has 1 aliphatic rings. The SMILES string of the molecule is Cc1cccc2c1-c1ccc(N(c3ccc(-c4cc5ccccc5cc4-c4ccccc4)cc3)c3cccc4oc5ccccc5c34)cc1C2(C)C. The highest BCUT2D eigenvalue weighted by Crippen LogP contribution is 2.52. The zero-order chi connectivity index (χ0) is 35.0. The summed E-state index contributed by atoms with van der Waals surface area (Å²) in [4.78, 5) is 2.42. The van der Waals surface area contributed by atoms with Gasteiger partial charge in [-0.05, 0) is 122 Å². The molecule has 52 heavy (non-hydrogen) atoms. The van der Waals surface area contributed by atoms with E-state index in [0.717, 1.165) is 39.0 Å². The fourth-order valence-electron chi connectivity index (χ4n) is 8.59. The summed E-state index contributed by atoms with van der Waals surface area (Å²) in [5.74, 6) is 0. The van der Waals surface area contributed by atoms with E-state index < -0.39 is 0 Å². The Bertz CT molecular complexity index is 2820. The zero-order valence-corrected chi connectivity index (χ0v) is 29.5. The minimum Gasteiger partial charge on any atom is -0.456 e. The van der Waals surface area contributed by atoms with Crippen LogP contribution in [0.25, 0.3) is 66.1 Å². The molecule has 1 aromatic heterocycles. The second kappa shape index (κ2) is 11.6. The number of fused-ring (bicyclic) bond motifs is 7. The quantitative estimate of drug-likeness (QED) is 0.182. The first kappa shape index (κ1) is 30.4. The van der Waals surface area contributed by atoms with Crippen LogP contribution in [-0.4, -0.2) is 0 Å². The highest BCUT2D eigenvalue weighted by atomic mass is 16.3. The maximum absolute atomic E-state index is 6.42. The van der Waals surface area contributed by atoms with Crippen LogP contribution in [0.15, 0.2) is 174 Å². The lowest BCUT2D eigenvalue weighted by atomic mass is 9.82. The molecule has 0 saturated carbocycles. The van der Waals surface area contributed by atoms with Gasteiger partial charge in [-0.3, -0.25) is 0 Å². The van der Waals surface area contributed by atoms with Crippen molar-refractivity contribution in [3.05, 3.63) is 187 Å². The van der Waals surface area contributed by atoms with Crippen molar-refractivity contribution in [2.75, 3.05) is 4.90 Å². The Morgan fingerprint density at radius 1 is 0.481 bits per heavy atom. The lowest BCUT2D eigenvalue weighted by Crippen LogP contribution is -2.16. The third kappa shape index (κ3) is 4.64. The molecule has 0 atom stereocenters. The van der Waals surface area contributed by atoms with Gasteiger partial charge >= 0.3 is 0 Å². The molecule has 8 aromatic carbocycles. The molecule has 0 bridgehead atoms. The van der Waals surface area contributed by atoms with Crippen LogP contribution < -0.4 is 4.90 Å². The van der Waals surface area contributed by atoms with Crippen LogP contribution in [0.1, 0.15) is 30.5 Å². The van der Waals surface area contributed by atoms with Gasteiger partial charge in [-0.25, -0.2) is 0 Å². The maximum atomic E-state index is 6.42. The predicted octanol–water partition coefficient (Wildman–Crippen LogP) is 14.2. The average molecular weight is 668 g/mol. The first-order valence-electron chi connectivity index (χ1n) is 18.1. The largest absolute Gasteiger partial charge is 0.456 e. The zero-order valence-electron chi connectivity index (χ0n) is 29.5. The van der Waals surface area contributed by atoms with Crippen molar-refractivity contribution in [2.45, 2.75) is 26.2 Å². The van der Waals surface area contributed by atoms with Gasteiger partial charge in [0.05, 0.1) is 11.1 Å². The number of anilines is 3. The van der Waals surface area contributed by atoms with Crippen LogP contribution in [-0.2, 0) is 5.41 Å². The molecule has 0 fully saturated rings. The summed E-state index contributed by atoms with van der Waals surface area (Å²) < 4.78 is 6.42. The summed E-state index contributed by atoms with van der Waals surface area (Å²) in [7, 11) is 0. The molecule has 248 valence electrons. The van der Waals surface area contributed by atoms with Crippen LogP contribution in [0.3, 0.4) is 0 Å². The van der Waals surface area contributed by atoms with Crippen molar-refractivity contribution in [3.8, 4) is 33.4 Å². The van der Waals surface area contributed by atoms with Gasteiger partial charge < -0.3 is 9.32 Å². The van der Waals surface area contributed by atoms with E-state index in [1.54, 1.807) is 0 Å². The van der Waals surface area contributed by atoms with Gasteiger partial charge in [0.1, 0.15) is 11.2 Å². The van der Waals surface area contributed by atoms with E-state index in [0.29, 0.717) is 0 Å². The molecule has 1 aliphatic carbocycles. The third-order valence-electron chi connectivity index (χ3n) is 11.2. The van der Waals surface area contributed by atoms with Gasteiger partial charge in [-0.15, -0.1) is 0 Å². The second-order valence-corrected chi connectivity index (χ2v) is 14.6. The fourth-order valence-corrected chi connectivity index (χ4v) is 8.59. The molecular weight excluding hydrogens is 631 g/mol. The first-order valence-corrected chi connectivity index (χ1v) is 18.1. The average Bonchev–Trinajstić information content (AvgIpc) is 3.68. The Hall–Kier alpha value is -6.38. The van der Waals surface area contributed by atoms with Crippen LogP contribution in [0, 0.1) is 6.92 Å². The number of rotatable bonds is 5. The normalized spacial score (nSPS) is 13.1. The molecular formula is C50H37NO. The Balaban J connectivity index is 1.18. The Morgan fingerprint density at radius 2 is 1.12 bits per heavy atom. The number of hydrogen-bond acceptors (Lipinski definition) is 2. The summed E-state index contributed by atoms with van der Waals surface area (Å²) in [5, 5.41) is 4.70. The van der Waals surface area contributed by atoms with Crippen molar-refractivity contribution in [2.24, 2.45) is 0 Å². The number of benzene rings is 8. The van der Waals surface area contributed by atoms with E-state index in [1.165, 1.54) is 60.8 Å². The minimum absolute atomic E-state index is 0.125. The number of aryl methyl sites for hydroxylation is 1. The molecule has 9 aromatic rings. The molecule has 0 amide bonds. The van der Waals surface area contributed by atoms with E-state index in [-0.39, 0.29) is 5.41 Å². The third-order valence-corrected chi connectivity index (χ3v) is 11.2. The molecule has 0 saturated heterocycles. The summed E-state index contributed by atoms with van der Waals surface area (Å²) in [6, 6.07) is 61.7. The Morgan fingerprint density at radius 3 is 1.88 bits per heavy atom. The molecule has 2 heteroatoms. The summed E-state index contributed by atoms with van der Waals surface area (Å²) in [5.41, 5.74) is 16.6. The maximum Gasteiger partial charge on any atom is 0.137 e. The highest BCUT2D eigenvalue weighted by Gasteiger charge is 2.37. The van der Waals surface area contributed by atoms with E-state index in [9.17, 15) is 0 Å². The fraction of sp³-hybridized carbons (Fsp3) is 0.0800. The Kier molecular flexibility index (Phi) is 6.78. The van der Waals surface area contributed by atoms with Gasteiger partial charge in [-0.1, -0.05) is 129 Å². The van der Waals surface area contributed by atoms with E-state index >= 15 is 0 Å². The van der Waals surface area contributed by atoms with Crippen molar-refractivity contribution in [1.82, 2.24) is 0 Å². The second-order valence-electron chi connectivity index (χ2n) is 14.6. The van der Waals surface area contributed by atoms with Crippen molar-refractivity contribution < 1.29 is 4.42 Å². The lowest BCUT2D eigenvalue weighted by molar-refractivity contribution is 0.660. The van der Waals surface area contributed by atoms with E-state index in [1.807, 2.05) is 6.07 Å². The van der Waals surface area contributed by atoms with Crippen LogP contribution >= 0.6 is 0 Å². The van der Waals surface area contributed by atoms with Gasteiger partial charge in [0.25, 0.3) is 0 Å². The van der Waals surface area contributed by atoms with Gasteiger partial charge in [-0.2, -0.15) is 0 Å². The van der Waals surface area contributed by atoms with E-state index in [2.05, 4.69) is 189 Å². The summed E-state index contributed by atoms with van der Waals surface area (Å²) in [6.45, 7) is 6.95. The molecule has 0 N–H and O–H groups in total. The molecule has 0 aliphatic heterocycles. The lowest BCUT2D eigenvalue weighted by Gasteiger charge is -2.29. The molecule has 10 rings (SSSR count). The van der Waals surface area contributed by atoms with Crippen molar-refractivity contribution in [1.29, 1.82) is 0 Å². The molecule has 2 nitrogen and oxygen atoms in total. The molecule has 0 radical (unpaired) electrons. The van der Waals surface area contributed by atoms with Crippen molar-refractivity contribution >= 4 is 49.8 Å². The predicted molar refractivity (Wildman–Crippen MR) is 219 cm³/mol. The number of furan rings is 1. The van der Waals surface area contributed by atoms with Gasteiger partial charge in [0, 0.05) is 22.2 Å². The molecule has 0 unspecified atom stereocenters. The van der Waals surface area contributed by atoms with Crippen LogP contribution in [0.4, 0.5) is 17.1 Å². The standard InChI is InChI=1S/C50H37NO/c1-32-13-11-19-43-48(32)39-28-27-38(31-44(39)50(43,2)3)51(45-20-12-22-47-49(45)40-18-9-10-21-46(40)52-47)37-25-23-34(24-26-37)42-30-36-17-8-7-16-35(36)29-41(42)33-14-5-4-6-15-33/h4-31H,1-3H3.